The van der Waals surface area contributed by atoms with Crippen LogP contribution in [-0.2, 0) is 14.3 Å². The lowest BCUT2D eigenvalue weighted by Gasteiger charge is -2.20. The minimum atomic E-state index is -0.701. The van der Waals surface area contributed by atoms with Crippen molar-refractivity contribution >= 4 is 45.2 Å². The van der Waals surface area contributed by atoms with Crippen LogP contribution in [0.15, 0.2) is 12.8 Å². The fourth-order valence-corrected chi connectivity index (χ4v) is 4.40. The zero-order valence-electron chi connectivity index (χ0n) is 13.1. The van der Waals surface area contributed by atoms with Crippen LogP contribution in [0.4, 0.5) is 0 Å². The molecule has 0 aromatic rings. The molecule has 0 fully saturated rings. The molecule has 4 nitrogen and oxygen atoms in total. The van der Waals surface area contributed by atoms with E-state index < -0.39 is 4.75 Å². The third-order valence-electron chi connectivity index (χ3n) is 2.65. The minimum absolute atomic E-state index is 0.187. The summed E-state index contributed by atoms with van der Waals surface area (Å²) in [6.45, 7) is 7.80. The minimum Gasteiger partial charge on any atom is -0.498 e. The average Bonchev–Trinajstić information content (AvgIpc) is 2.50. The number of unbranched alkanes of at least 4 members (excludes halogenated alkanes) is 1. The lowest BCUT2D eigenvalue weighted by Crippen LogP contribution is -2.21. The highest BCUT2D eigenvalue weighted by atomic mass is 32.2. The summed E-state index contributed by atoms with van der Waals surface area (Å²) in [5.74, 6) is 0.633. The van der Waals surface area contributed by atoms with Crippen LogP contribution in [0.3, 0.4) is 0 Å². The Morgan fingerprint density at radius 1 is 1.50 bits per heavy atom. The van der Waals surface area contributed by atoms with Gasteiger partial charge in [-0.15, -0.1) is 11.8 Å². The molecule has 0 N–H and O–H groups in total. The molecule has 124 valence electrons. The second kappa shape index (κ2) is 12.8. The monoisotopic (exact) mass is 361 g/mol. The van der Waals surface area contributed by atoms with Gasteiger partial charge >= 0.3 is 5.97 Å². The van der Waals surface area contributed by atoms with Crippen molar-refractivity contribution < 1.29 is 14.3 Å². The maximum atomic E-state index is 11.6. The zero-order valence-corrected chi connectivity index (χ0v) is 15.6. The number of hydrogen-bond acceptors (Lipinski definition) is 7. The van der Waals surface area contributed by atoms with Crippen molar-refractivity contribution in [3.8, 4) is 6.07 Å². The third kappa shape index (κ3) is 10.9. The lowest BCUT2D eigenvalue weighted by atomic mass is 10.1. The van der Waals surface area contributed by atoms with E-state index in [2.05, 4.69) is 19.6 Å². The first kappa shape index (κ1) is 21.3. The van der Waals surface area contributed by atoms with Crippen LogP contribution in [0, 0.1) is 11.3 Å². The van der Waals surface area contributed by atoms with Gasteiger partial charge in [-0.1, -0.05) is 43.9 Å². The molecule has 0 aromatic heterocycles. The maximum absolute atomic E-state index is 11.6. The summed E-state index contributed by atoms with van der Waals surface area (Å²) >= 11 is 8.25. The highest BCUT2D eigenvalue weighted by Crippen LogP contribution is 2.34. The van der Waals surface area contributed by atoms with Crippen molar-refractivity contribution in [2.45, 2.75) is 44.3 Å². The molecule has 0 saturated heterocycles. The van der Waals surface area contributed by atoms with Gasteiger partial charge < -0.3 is 9.47 Å². The van der Waals surface area contributed by atoms with Gasteiger partial charge in [-0.25, -0.2) is 0 Å². The first-order chi connectivity index (χ1) is 10.5. The molecular formula is C15H23NO3S3. The Hall–Kier alpha value is -0.710. The summed E-state index contributed by atoms with van der Waals surface area (Å²) in [5.41, 5.74) is 0. The van der Waals surface area contributed by atoms with Crippen LogP contribution < -0.4 is 0 Å². The predicted octanol–water partition coefficient (Wildman–Crippen LogP) is 4.30. The van der Waals surface area contributed by atoms with Crippen LogP contribution in [0.2, 0.25) is 0 Å². The van der Waals surface area contributed by atoms with Gasteiger partial charge in [-0.2, -0.15) is 5.26 Å². The summed E-state index contributed by atoms with van der Waals surface area (Å²) in [4.78, 5) is 11.6. The Balaban J connectivity index is 4.10. The van der Waals surface area contributed by atoms with E-state index in [-0.39, 0.29) is 25.6 Å². The largest absolute Gasteiger partial charge is 0.498 e. The molecule has 0 spiro atoms. The van der Waals surface area contributed by atoms with E-state index in [1.165, 1.54) is 18.0 Å². The van der Waals surface area contributed by atoms with Crippen LogP contribution in [0.1, 0.15) is 39.5 Å². The standard InChI is InChI=1S/C15H23NO3S3/c1-4-6-11-21-14(20)22-15(3,12-16)8-7-13(17)19-10-9-18-5-2/h5H,2,4,6-11H2,1,3H3. The summed E-state index contributed by atoms with van der Waals surface area (Å²) in [6, 6.07) is 2.25. The van der Waals surface area contributed by atoms with Gasteiger partial charge in [-0.05, 0) is 25.5 Å². The van der Waals surface area contributed by atoms with Crippen LogP contribution >= 0.6 is 35.7 Å². The molecule has 1 unspecified atom stereocenters. The summed E-state index contributed by atoms with van der Waals surface area (Å²) in [6.07, 6.45) is 4.12. The Morgan fingerprint density at radius 2 is 2.23 bits per heavy atom. The molecule has 0 heterocycles. The first-order valence-electron chi connectivity index (χ1n) is 7.12. The highest BCUT2D eigenvalue weighted by Gasteiger charge is 2.28. The molecule has 0 saturated carbocycles. The molecule has 0 aromatic carbocycles. The molecule has 0 bridgehead atoms. The van der Waals surface area contributed by atoms with Crippen LogP contribution in [-0.4, -0.2) is 33.2 Å². The Kier molecular flexibility index (Phi) is 12.4. The SMILES string of the molecule is C=COCCOC(=O)CCC(C)(C#N)SC(=S)SCCCC. The molecule has 7 heteroatoms. The quantitative estimate of drug-likeness (QED) is 0.235. The van der Waals surface area contributed by atoms with Crippen molar-refractivity contribution in [2.75, 3.05) is 19.0 Å². The van der Waals surface area contributed by atoms with Crippen molar-refractivity contribution in [3.63, 3.8) is 0 Å². The van der Waals surface area contributed by atoms with Crippen LogP contribution in [0.25, 0.3) is 0 Å². The number of nitrogens with zero attached hydrogens (tertiary/aromatic N) is 1. The van der Waals surface area contributed by atoms with Gasteiger partial charge in [-0.3, -0.25) is 4.79 Å². The fraction of sp³-hybridized carbons (Fsp3) is 0.667. The number of thioether (sulfide) groups is 2. The van der Waals surface area contributed by atoms with Crippen molar-refractivity contribution in [3.05, 3.63) is 12.8 Å². The molecule has 0 rings (SSSR count). The predicted molar refractivity (Wildman–Crippen MR) is 97.9 cm³/mol. The fourth-order valence-electron chi connectivity index (χ4n) is 1.34. The number of carbonyl (C=O) groups is 1. The molecule has 22 heavy (non-hydrogen) atoms. The van der Waals surface area contributed by atoms with Gasteiger partial charge in [0.15, 0.2) is 0 Å². The molecule has 0 amide bonds. The van der Waals surface area contributed by atoms with Crippen molar-refractivity contribution in [1.82, 2.24) is 0 Å². The first-order valence-corrected chi connectivity index (χ1v) is 9.33. The van der Waals surface area contributed by atoms with Crippen LogP contribution in [0.5, 0.6) is 0 Å². The summed E-state index contributed by atoms with van der Waals surface area (Å²) in [7, 11) is 0. The normalized spacial score (nSPS) is 12.8. The molecule has 0 radical (unpaired) electrons. The topological polar surface area (TPSA) is 59.3 Å². The number of carbonyl (C=O) groups excluding carboxylic acids is 1. The Labute approximate surface area is 147 Å². The van der Waals surface area contributed by atoms with Crippen molar-refractivity contribution in [2.24, 2.45) is 0 Å². The maximum Gasteiger partial charge on any atom is 0.305 e. The van der Waals surface area contributed by atoms with E-state index in [9.17, 15) is 10.1 Å². The number of ether oxygens (including phenoxy) is 2. The third-order valence-corrected chi connectivity index (χ3v) is 5.50. The molecular weight excluding hydrogens is 338 g/mol. The lowest BCUT2D eigenvalue weighted by molar-refractivity contribution is -0.144. The second-order valence-corrected chi connectivity index (χ2v) is 8.46. The molecule has 0 aliphatic carbocycles. The molecule has 0 aliphatic rings. The number of esters is 1. The highest BCUT2D eigenvalue weighted by molar-refractivity contribution is 8.47. The second-order valence-electron chi connectivity index (χ2n) is 4.65. The van der Waals surface area contributed by atoms with Gasteiger partial charge in [0, 0.05) is 6.42 Å². The van der Waals surface area contributed by atoms with Gasteiger partial charge in [0.1, 0.15) is 21.5 Å². The van der Waals surface area contributed by atoms with E-state index in [0.717, 1.165) is 22.1 Å². The molecule has 0 aliphatic heterocycles. The van der Waals surface area contributed by atoms with E-state index in [0.29, 0.717) is 6.42 Å². The number of hydrogen-bond donors (Lipinski definition) is 0. The van der Waals surface area contributed by atoms with E-state index in [4.69, 9.17) is 21.7 Å². The van der Waals surface area contributed by atoms with E-state index in [1.54, 1.807) is 18.7 Å². The van der Waals surface area contributed by atoms with E-state index in [1.807, 2.05) is 0 Å². The number of rotatable bonds is 11. The van der Waals surface area contributed by atoms with E-state index >= 15 is 0 Å². The number of thiocarbonyl (C=S) groups is 1. The smallest absolute Gasteiger partial charge is 0.305 e. The van der Waals surface area contributed by atoms with Gasteiger partial charge in [0.25, 0.3) is 0 Å². The average molecular weight is 362 g/mol. The molecule has 1 atom stereocenters. The Morgan fingerprint density at radius 3 is 2.82 bits per heavy atom. The number of nitriles is 1. The zero-order chi connectivity index (χ0) is 16.8. The summed E-state index contributed by atoms with van der Waals surface area (Å²) < 4.78 is 9.91. The summed E-state index contributed by atoms with van der Waals surface area (Å²) in [5, 5.41) is 9.34. The van der Waals surface area contributed by atoms with Crippen molar-refractivity contribution in [1.29, 1.82) is 5.26 Å². The Bertz CT molecular complexity index is 409. The van der Waals surface area contributed by atoms with Gasteiger partial charge in [0.2, 0.25) is 0 Å². The van der Waals surface area contributed by atoms with Gasteiger partial charge in [0.05, 0.1) is 12.3 Å².